The zero-order valence-corrected chi connectivity index (χ0v) is 26.2. The van der Waals surface area contributed by atoms with Gasteiger partial charge in [-0.2, -0.15) is 9.78 Å². The van der Waals surface area contributed by atoms with Gasteiger partial charge in [-0.3, -0.25) is 4.79 Å². The van der Waals surface area contributed by atoms with Crippen molar-refractivity contribution in [1.29, 1.82) is 0 Å². The molecule has 0 aliphatic heterocycles. The molecule has 4 rings (SSSR count). The van der Waals surface area contributed by atoms with E-state index in [-0.39, 0.29) is 18.1 Å². The smallest absolute Gasteiger partial charge is 0.282 e. The Hall–Kier alpha value is -3.62. The van der Waals surface area contributed by atoms with Crippen LogP contribution in [0.25, 0.3) is 22.3 Å². The van der Waals surface area contributed by atoms with Gasteiger partial charge < -0.3 is 14.2 Å². The molecular weight excluding hydrogens is 606 g/mol. The molecule has 0 bridgehead atoms. The summed E-state index contributed by atoms with van der Waals surface area (Å²) in [5.41, 5.74) is 3.62. The molecule has 0 amide bonds. The topological polar surface area (TPSA) is 74.9 Å². The molecule has 0 fully saturated rings. The molecule has 1 heterocycles. The Balaban J connectivity index is 1.95. The SMILES string of the molecule is C=CCOc1c(OCC)cc(C=Nn2c(-c3cc(C(C)C)c(OCC)cc3C)nc3ccccc3c2=O)c(Br)c1Cl. The van der Waals surface area contributed by atoms with Crippen molar-refractivity contribution in [2.45, 2.75) is 40.5 Å². The summed E-state index contributed by atoms with van der Waals surface area (Å²) in [7, 11) is 0. The number of hydrogen-bond acceptors (Lipinski definition) is 6. The van der Waals surface area contributed by atoms with Crippen LogP contribution in [0.1, 0.15) is 50.3 Å². The van der Waals surface area contributed by atoms with E-state index in [1.165, 1.54) is 4.68 Å². The van der Waals surface area contributed by atoms with Gasteiger partial charge in [-0.25, -0.2) is 4.98 Å². The number of nitrogens with zero attached hydrogens (tertiary/aromatic N) is 3. The van der Waals surface area contributed by atoms with Crippen molar-refractivity contribution >= 4 is 44.6 Å². The summed E-state index contributed by atoms with van der Waals surface area (Å²) >= 11 is 10.2. The molecule has 3 aromatic carbocycles. The van der Waals surface area contributed by atoms with E-state index in [4.69, 9.17) is 30.8 Å². The van der Waals surface area contributed by atoms with Gasteiger partial charge in [0.1, 0.15) is 17.4 Å². The predicted molar refractivity (Wildman–Crippen MR) is 170 cm³/mol. The van der Waals surface area contributed by atoms with Gasteiger partial charge in [-0.15, -0.1) is 0 Å². The number of ether oxygens (including phenoxy) is 3. The second-order valence-corrected chi connectivity index (χ2v) is 10.7. The molecular formula is C32H33BrClN3O4. The molecule has 0 saturated carbocycles. The number of para-hydroxylation sites is 1. The highest BCUT2D eigenvalue weighted by Gasteiger charge is 2.20. The Morgan fingerprint density at radius 2 is 1.80 bits per heavy atom. The molecule has 0 spiro atoms. The first-order valence-corrected chi connectivity index (χ1v) is 14.6. The standard InChI is InChI=1S/C32H33BrClN3O4/c1-7-14-41-30-27(40-9-3)16-21(28(33)29(30)34)18-35-37-31(36-25-13-11-10-12-22(25)32(37)38)24-17-23(19(4)5)26(39-8-2)15-20(24)6/h7,10-13,15-19H,1,8-9,14H2,2-6H3. The van der Waals surface area contributed by atoms with Gasteiger partial charge >= 0.3 is 0 Å². The van der Waals surface area contributed by atoms with Gasteiger partial charge in [0.15, 0.2) is 17.3 Å². The molecule has 0 radical (unpaired) electrons. The first-order valence-electron chi connectivity index (χ1n) is 13.4. The third-order valence-corrected chi connectivity index (χ3v) is 7.83. The maximum Gasteiger partial charge on any atom is 0.282 e. The summed E-state index contributed by atoms with van der Waals surface area (Å²) in [5.74, 6) is 2.29. The van der Waals surface area contributed by atoms with Gasteiger partial charge in [-0.05, 0) is 84.1 Å². The molecule has 4 aromatic rings. The van der Waals surface area contributed by atoms with E-state index in [1.807, 2.05) is 51.1 Å². The van der Waals surface area contributed by atoms with Crippen molar-refractivity contribution in [3.63, 3.8) is 0 Å². The molecule has 214 valence electrons. The summed E-state index contributed by atoms with van der Waals surface area (Å²) in [6, 6.07) is 13.0. The monoisotopic (exact) mass is 637 g/mol. The van der Waals surface area contributed by atoms with E-state index in [0.29, 0.717) is 56.5 Å². The molecule has 9 heteroatoms. The molecule has 41 heavy (non-hydrogen) atoms. The number of rotatable bonds is 11. The van der Waals surface area contributed by atoms with Gasteiger partial charge in [0.05, 0.1) is 30.3 Å². The van der Waals surface area contributed by atoms with Crippen molar-refractivity contribution in [3.8, 4) is 28.6 Å². The van der Waals surface area contributed by atoms with Crippen LogP contribution >= 0.6 is 27.5 Å². The van der Waals surface area contributed by atoms with Gasteiger partial charge in [0.2, 0.25) is 0 Å². The summed E-state index contributed by atoms with van der Waals surface area (Å²) < 4.78 is 19.4. The molecule has 0 N–H and O–H groups in total. The van der Waals surface area contributed by atoms with Gasteiger partial charge in [-0.1, -0.05) is 50.2 Å². The highest BCUT2D eigenvalue weighted by Crippen LogP contribution is 2.42. The lowest BCUT2D eigenvalue weighted by molar-refractivity contribution is 0.297. The van der Waals surface area contributed by atoms with E-state index in [1.54, 1.807) is 24.4 Å². The van der Waals surface area contributed by atoms with Crippen LogP contribution in [-0.4, -0.2) is 35.7 Å². The molecule has 0 aliphatic carbocycles. The Morgan fingerprint density at radius 1 is 1.10 bits per heavy atom. The fraction of sp³-hybridized carbons (Fsp3) is 0.281. The lowest BCUT2D eigenvalue weighted by Gasteiger charge is -2.18. The third kappa shape index (κ3) is 6.34. The fourth-order valence-electron chi connectivity index (χ4n) is 4.43. The van der Waals surface area contributed by atoms with Crippen molar-refractivity contribution in [2.24, 2.45) is 5.10 Å². The van der Waals surface area contributed by atoms with E-state index >= 15 is 0 Å². The summed E-state index contributed by atoms with van der Waals surface area (Å²) in [5, 5.41) is 5.44. The summed E-state index contributed by atoms with van der Waals surface area (Å²) in [6.07, 6.45) is 3.19. The van der Waals surface area contributed by atoms with Crippen molar-refractivity contribution in [1.82, 2.24) is 9.66 Å². The Morgan fingerprint density at radius 3 is 2.49 bits per heavy atom. The number of fused-ring (bicyclic) bond motifs is 1. The third-order valence-electron chi connectivity index (χ3n) is 6.39. The highest BCUT2D eigenvalue weighted by atomic mass is 79.9. The minimum absolute atomic E-state index is 0.192. The predicted octanol–water partition coefficient (Wildman–Crippen LogP) is 8.16. The lowest BCUT2D eigenvalue weighted by atomic mass is 9.96. The van der Waals surface area contributed by atoms with Crippen LogP contribution in [0.15, 0.2) is 69.5 Å². The zero-order valence-electron chi connectivity index (χ0n) is 23.8. The maximum atomic E-state index is 13.8. The second kappa shape index (κ2) is 13.4. The minimum Gasteiger partial charge on any atom is -0.494 e. The largest absolute Gasteiger partial charge is 0.494 e. The Bertz CT molecular complexity index is 1680. The average Bonchev–Trinajstić information content (AvgIpc) is 2.95. The van der Waals surface area contributed by atoms with E-state index in [0.717, 1.165) is 22.4 Å². The number of hydrogen-bond donors (Lipinski definition) is 0. The van der Waals surface area contributed by atoms with E-state index in [2.05, 4.69) is 41.5 Å². The Labute approximate surface area is 253 Å². The number of benzene rings is 3. The highest BCUT2D eigenvalue weighted by molar-refractivity contribution is 9.10. The molecule has 1 aromatic heterocycles. The van der Waals surface area contributed by atoms with Gasteiger partial charge in [0.25, 0.3) is 5.56 Å². The van der Waals surface area contributed by atoms with Crippen molar-refractivity contribution in [2.75, 3.05) is 19.8 Å². The molecule has 0 atom stereocenters. The van der Waals surface area contributed by atoms with Gasteiger partial charge in [0, 0.05) is 15.6 Å². The van der Waals surface area contributed by atoms with Crippen LogP contribution in [0.3, 0.4) is 0 Å². The lowest BCUT2D eigenvalue weighted by Crippen LogP contribution is -2.21. The zero-order chi connectivity index (χ0) is 29.7. The number of halogens is 2. The van der Waals surface area contributed by atoms with E-state index in [9.17, 15) is 4.79 Å². The summed E-state index contributed by atoms with van der Waals surface area (Å²) in [4.78, 5) is 18.7. The molecule has 0 unspecified atom stereocenters. The molecule has 0 aliphatic rings. The Kier molecular flexibility index (Phi) is 9.89. The molecule has 7 nitrogen and oxygen atoms in total. The average molecular weight is 639 g/mol. The fourth-order valence-corrected chi connectivity index (χ4v) is 5.09. The van der Waals surface area contributed by atoms with Crippen LogP contribution in [0, 0.1) is 6.92 Å². The van der Waals surface area contributed by atoms with E-state index < -0.39 is 0 Å². The first-order chi connectivity index (χ1) is 19.7. The summed E-state index contributed by atoms with van der Waals surface area (Å²) in [6.45, 7) is 15.0. The van der Waals surface area contributed by atoms with Crippen molar-refractivity contribution < 1.29 is 14.2 Å². The first kappa shape index (κ1) is 30.3. The van der Waals surface area contributed by atoms with Crippen LogP contribution < -0.4 is 19.8 Å². The molecule has 0 saturated heterocycles. The number of aromatic nitrogens is 2. The maximum absolute atomic E-state index is 13.8. The van der Waals surface area contributed by atoms with Crippen LogP contribution in [0.4, 0.5) is 0 Å². The second-order valence-electron chi connectivity index (χ2n) is 9.56. The van der Waals surface area contributed by atoms with Crippen LogP contribution in [0.2, 0.25) is 5.02 Å². The quantitative estimate of drug-likeness (QED) is 0.122. The minimum atomic E-state index is -0.292. The number of aryl methyl sites for hydroxylation is 1. The van der Waals surface area contributed by atoms with Crippen molar-refractivity contribution in [3.05, 3.63) is 91.7 Å². The normalized spacial score (nSPS) is 11.4. The van der Waals surface area contributed by atoms with Crippen LogP contribution in [0.5, 0.6) is 17.2 Å². The van der Waals surface area contributed by atoms with Crippen LogP contribution in [-0.2, 0) is 0 Å².